The van der Waals surface area contributed by atoms with E-state index in [0.29, 0.717) is 0 Å². The zero-order valence-electron chi connectivity index (χ0n) is 14.6. The van der Waals surface area contributed by atoms with E-state index in [4.69, 9.17) is 0 Å². The third kappa shape index (κ3) is 3.80. The predicted octanol–water partition coefficient (Wildman–Crippen LogP) is 3.82. The van der Waals surface area contributed by atoms with Crippen LogP contribution in [0.5, 0.6) is 0 Å². The predicted molar refractivity (Wildman–Crippen MR) is 96.7 cm³/mol. The molecule has 1 heterocycles. The zero-order valence-corrected chi connectivity index (χ0v) is 14.6. The Morgan fingerprint density at radius 1 is 0.870 bits per heavy atom. The summed E-state index contributed by atoms with van der Waals surface area (Å²) in [5.74, 6) is 1.04. The SMILES string of the molecule is c1ccc(CCN2CCN(CC3CC34CCCCC4)CC2)cc1. The molecule has 2 saturated carbocycles. The molecule has 4 rings (SSSR count). The smallest absolute Gasteiger partial charge is 0.0110 e. The monoisotopic (exact) mass is 312 g/mol. The molecule has 1 saturated heterocycles. The highest BCUT2D eigenvalue weighted by Crippen LogP contribution is 2.61. The van der Waals surface area contributed by atoms with Crippen molar-refractivity contribution < 1.29 is 0 Å². The van der Waals surface area contributed by atoms with Crippen molar-refractivity contribution in [2.45, 2.75) is 44.9 Å². The van der Waals surface area contributed by atoms with Gasteiger partial charge in [-0.2, -0.15) is 0 Å². The lowest BCUT2D eigenvalue weighted by Gasteiger charge is -2.35. The average Bonchev–Trinajstić information content (AvgIpc) is 3.26. The van der Waals surface area contributed by atoms with Crippen LogP contribution >= 0.6 is 0 Å². The molecule has 1 unspecified atom stereocenters. The molecular formula is C21H32N2. The molecule has 3 fully saturated rings. The number of piperazine rings is 1. The molecule has 2 aliphatic carbocycles. The lowest BCUT2D eigenvalue weighted by atomic mass is 9.84. The highest BCUT2D eigenvalue weighted by molar-refractivity contribution is 5.14. The fourth-order valence-electron chi connectivity index (χ4n) is 5.00. The minimum absolute atomic E-state index is 0.808. The Labute approximate surface area is 141 Å². The van der Waals surface area contributed by atoms with E-state index in [0.717, 1.165) is 11.3 Å². The van der Waals surface area contributed by atoms with Gasteiger partial charge in [-0.25, -0.2) is 0 Å². The lowest BCUT2D eigenvalue weighted by Crippen LogP contribution is -2.47. The van der Waals surface area contributed by atoms with E-state index in [1.54, 1.807) is 6.42 Å². The maximum Gasteiger partial charge on any atom is 0.0110 e. The van der Waals surface area contributed by atoms with Crippen LogP contribution in [0.3, 0.4) is 0 Å². The fraction of sp³-hybridized carbons (Fsp3) is 0.714. The Hall–Kier alpha value is -0.860. The quantitative estimate of drug-likeness (QED) is 0.815. The van der Waals surface area contributed by atoms with Gasteiger partial charge >= 0.3 is 0 Å². The Bertz CT molecular complexity index is 484. The van der Waals surface area contributed by atoms with Crippen molar-refractivity contribution in [1.29, 1.82) is 0 Å². The molecule has 3 aliphatic rings. The molecule has 1 spiro atoms. The van der Waals surface area contributed by atoms with Crippen LogP contribution < -0.4 is 0 Å². The van der Waals surface area contributed by atoms with Crippen molar-refractivity contribution in [3.63, 3.8) is 0 Å². The van der Waals surface area contributed by atoms with Gasteiger partial charge in [-0.1, -0.05) is 49.6 Å². The molecule has 1 aliphatic heterocycles. The molecule has 0 aromatic heterocycles. The van der Waals surface area contributed by atoms with Crippen LogP contribution in [0.1, 0.15) is 44.1 Å². The van der Waals surface area contributed by atoms with Crippen molar-refractivity contribution >= 4 is 0 Å². The third-order valence-corrected chi connectivity index (χ3v) is 6.71. The number of benzene rings is 1. The largest absolute Gasteiger partial charge is 0.300 e. The van der Waals surface area contributed by atoms with E-state index in [2.05, 4.69) is 40.1 Å². The summed E-state index contributed by atoms with van der Waals surface area (Å²) in [7, 11) is 0. The van der Waals surface area contributed by atoms with Crippen LogP contribution in [0.2, 0.25) is 0 Å². The molecule has 126 valence electrons. The summed E-state index contributed by atoms with van der Waals surface area (Å²) in [6.07, 6.45) is 10.3. The second kappa shape index (κ2) is 6.94. The molecule has 0 bridgehead atoms. The maximum absolute atomic E-state index is 2.76. The minimum Gasteiger partial charge on any atom is -0.300 e. The normalized spacial score (nSPS) is 28.1. The molecule has 2 heteroatoms. The first kappa shape index (κ1) is 15.7. The second-order valence-corrected chi connectivity index (χ2v) is 8.20. The van der Waals surface area contributed by atoms with Crippen LogP contribution in [-0.2, 0) is 6.42 Å². The van der Waals surface area contributed by atoms with Gasteiger partial charge in [0.25, 0.3) is 0 Å². The lowest BCUT2D eigenvalue weighted by molar-refractivity contribution is 0.122. The van der Waals surface area contributed by atoms with E-state index in [-0.39, 0.29) is 0 Å². The Morgan fingerprint density at radius 2 is 1.57 bits per heavy atom. The molecular weight excluding hydrogens is 280 g/mol. The number of nitrogens with zero attached hydrogens (tertiary/aromatic N) is 2. The van der Waals surface area contributed by atoms with E-state index >= 15 is 0 Å². The first-order valence-corrected chi connectivity index (χ1v) is 9.83. The Balaban J connectivity index is 1.17. The van der Waals surface area contributed by atoms with Crippen molar-refractivity contribution in [2.75, 3.05) is 39.3 Å². The van der Waals surface area contributed by atoms with E-state index < -0.39 is 0 Å². The molecule has 0 radical (unpaired) electrons. The fourth-order valence-corrected chi connectivity index (χ4v) is 5.00. The third-order valence-electron chi connectivity index (χ3n) is 6.71. The van der Waals surface area contributed by atoms with Gasteiger partial charge < -0.3 is 9.80 Å². The van der Waals surface area contributed by atoms with Crippen LogP contribution in [0, 0.1) is 11.3 Å². The van der Waals surface area contributed by atoms with Gasteiger partial charge in [0, 0.05) is 39.3 Å². The summed E-state index contributed by atoms with van der Waals surface area (Å²) in [4.78, 5) is 5.42. The summed E-state index contributed by atoms with van der Waals surface area (Å²) in [5.41, 5.74) is 2.29. The van der Waals surface area contributed by atoms with Crippen LogP contribution in [-0.4, -0.2) is 49.1 Å². The van der Waals surface area contributed by atoms with Gasteiger partial charge in [-0.3, -0.25) is 0 Å². The van der Waals surface area contributed by atoms with Crippen LogP contribution in [0.4, 0.5) is 0 Å². The average molecular weight is 313 g/mol. The molecule has 1 aromatic rings. The zero-order chi connectivity index (χ0) is 15.5. The van der Waals surface area contributed by atoms with Crippen molar-refractivity contribution in [3.8, 4) is 0 Å². The van der Waals surface area contributed by atoms with Crippen molar-refractivity contribution in [2.24, 2.45) is 11.3 Å². The van der Waals surface area contributed by atoms with Gasteiger partial charge in [0.05, 0.1) is 0 Å². The number of hydrogen-bond acceptors (Lipinski definition) is 2. The molecule has 23 heavy (non-hydrogen) atoms. The molecule has 2 nitrogen and oxygen atoms in total. The summed E-state index contributed by atoms with van der Waals surface area (Å²) >= 11 is 0. The second-order valence-electron chi connectivity index (χ2n) is 8.20. The Morgan fingerprint density at radius 3 is 2.30 bits per heavy atom. The summed E-state index contributed by atoms with van der Waals surface area (Å²) in [6.45, 7) is 7.75. The highest BCUT2D eigenvalue weighted by atomic mass is 15.3. The molecule has 1 atom stereocenters. The van der Waals surface area contributed by atoms with Gasteiger partial charge in [0.2, 0.25) is 0 Å². The molecule has 1 aromatic carbocycles. The topological polar surface area (TPSA) is 6.48 Å². The van der Waals surface area contributed by atoms with Crippen LogP contribution in [0.15, 0.2) is 30.3 Å². The van der Waals surface area contributed by atoms with Gasteiger partial charge in [0.15, 0.2) is 0 Å². The summed E-state index contributed by atoms with van der Waals surface area (Å²) in [5, 5.41) is 0. The maximum atomic E-state index is 2.76. The molecule has 0 amide bonds. The Kier molecular flexibility index (Phi) is 4.73. The van der Waals surface area contributed by atoms with Crippen molar-refractivity contribution in [1.82, 2.24) is 9.80 Å². The minimum atomic E-state index is 0.808. The van der Waals surface area contributed by atoms with Crippen molar-refractivity contribution in [3.05, 3.63) is 35.9 Å². The summed E-state index contributed by atoms with van der Waals surface area (Å²) < 4.78 is 0. The number of hydrogen-bond donors (Lipinski definition) is 0. The highest BCUT2D eigenvalue weighted by Gasteiger charge is 2.53. The standard InChI is InChI=1S/C21H32N2/c1-3-7-19(8-4-1)9-12-22-13-15-23(16-14-22)18-20-17-21(20)10-5-2-6-11-21/h1,3-4,7-8,20H,2,5-6,9-18H2. The first-order chi connectivity index (χ1) is 11.3. The van der Waals surface area contributed by atoms with E-state index in [1.165, 1.54) is 83.4 Å². The van der Waals surface area contributed by atoms with Gasteiger partial charge in [-0.05, 0) is 42.6 Å². The van der Waals surface area contributed by atoms with Crippen LogP contribution in [0.25, 0.3) is 0 Å². The summed E-state index contributed by atoms with van der Waals surface area (Å²) in [6, 6.07) is 10.9. The first-order valence-electron chi connectivity index (χ1n) is 9.83. The van der Waals surface area contributed by atoms with E-state index in [9.17, 15) is 0 Å². The molecule has 0 N–H and O–H groups in total. The van der Waals surface area contributed by atoms with Gasteiger partial charge in [0.1, 0.15) is 0 Å². The van der Waals surface area contributed by atoms with E-state index in [1.807, 2.05) is 0 Å². The number of rotatable bonds is 5. The van der Waals surface area contributed by atoms with Gasteiger partial charge in [-0.15, -0.1) is 0 Å².